The molecule has 0 aliphatic heterocycles. The Bertz CT molecular complexity index is 887. The third kappa shape index (κ3) is 4.73. The van der Waals surface area contributed by atoms with E-state index in [1.807, 2.05) is 12.1 Å². The van der Waals surface area contributed by atoms with E-state index in [2.05, 4.69) is 29.2 Å². The van der Waals surface area contributed by atoms with Crippen molar-refractivity contribution >= 4 is 11.6 Å². The van der Waals surface area contributed by atoms with Crippen molar-refractivity contribution in [2.45, 2.75) is 13.8 Å². The van der Waals surface area contributed by atoms with E-state index in [-0.39, 0.29) is 18.5 Å². The van der Waals surface area contributed by atoms with E-state index in [4.69, 9.17) is 13.9 Å². The van der Waals surface area contributed by atoms with Gasteiger partial charge >= 0.3 is 6.01 Å². The first-order valence-corrected chi connectivity index (χ1v) is 8.59. The zero-order valence-electron chi connectivity index (χ0n) is 15.5. The molecule has 0 atom stereocenters. The average molecular weight is 370 g/mol. The maximum absolute atomic E-state index is 11.8. The van der Waals surface area contributed by atoms with E-state index in [9.17, 15) is 4.79 Å². The van der Waals surface area contributed by atoms with Gasteiger partial charge in [0.05, 0.1) is 18.6 Å². The number of nitrogens with one attached hydrogen (secondary N) is 1. The van der Waals surface area contributed by atoms with E-state index >= 15 is 0 Å². The molecule has 27 heavy (non-hydrogen) atoms. The van der Waals surface area contributed by atoms with Crippen molar-refractivity contribution in [1.82, 2.24) is 14.8 Å². The Balaban J connectivity index is 1.93. The Labute approximate surface area is 157 Å². The van der Waals surface area contributed by atoms with Gasteiger partial charge < -0.3 is 19.2 Å². The van der Waals surface area contributed by atoms with Crippen molar-refractivity contribution < 1.29 is 18.7 Å². The molecule has 0 bridgehead atoms. The van der Waals surface area contributed by atoms with E-state index in [0.717, 1.165) is 0 Å². The average Bonchev–Trinajstić information content (AvgIpc) is 3.30. The second-order valence-corrected chi connectivity index (χ2v) is 6.34. The number of nitrogens with zero attached hydrogens (tertiary/aromatic N) is 3. The number of ether oxygens (including phenoxy) is 2. The predicted molar refractivity (Wildman–Crippen MR) is 99.9 cm³/mol. The van der Waals surface area contributed by atoms with Crippen LogP contribution in [0.4, 0.5) is 5.69 Å². The highest BCUT2D eigenvalue weighted by Gasteiger charge is 2.17. The molecule has 0 radical (unpaired) electrons. The molecule has 3 aromatic rings. The van der Waals surface area contributed by atoms with Crippen LogP contribution in [0.5, 0.6) is 6.01 Å². The van der Waals surface area contributed by atoms with Gasteiger partial charge in [-0.25, -0.2) is 4.68 Å². The number of carbonyl (C=O) groups excluding carboxylic acids is 1. The van der Waals surface area contributed by atoms with Crippen LogP contribution in [-0.2, 0) is 9.53 Å². The lowest BCUT2D eigenvalue weighted by Gasteiger charge is -2.08. The van der Waals surface area contributed by atoms with Crippen molar-refractivity contribution in [3.8, 4) is 23.3 Å². The number of carbonyl (C=O) groups is 1. The minimum atomic E-state index is -0.236. The van der Waals surface area contributed by atoms with Crippen molar-refractivity contribution in [1.29, 1.82) is 0 Å². The fourth-order valence-corrected chi connectivity index (χ4v) is 2.38. The van der Waals surface area contributed by atoms with Crippen LogP contribution < -0.4 is 10.1 Å². The van der Waals surface area contributed by atoms with Crippen LogP contribution >= 0.6 is 0 Å². The van der Waals surface area contributed by atoms with Gasteiger partial charge in [-0.05, 0) is 36.2 Å². The lowest BCUT2D eigenvalue weighted by molar-refractivity contribution is -0.119. The number of anilines is 1. The Kier molecular flexibility index (Phi) is 5.87. The predicted octanol–water partition coefficient (Wildman–Crippen LogP) is 3.15. The summed E-state index contributed by atoms with van der Waals surface area (Å²) in [5.41, 5.74) is 1.34. The first-order chi connectivity index (χ1) is 13.1. The molecule has 1 amide bonds. The second kappa shape index (κ2) is 8.50. The number of rotatable bonds is 8. The van der Waals surface area contributed by atoms with E-state index in [1.54, 1.807) is 35.2 Å². The minimum Gasteiger partial charge on any atom is -0.462 e. The molecule has 0 aliphatic carbocycles. The largest absolute Gasteiger partial charge is 0.462 e. The van der Waals surface area contributed by atoms with Gasteiger partial charge in [0.25, 0.3) is 0 Å². The Hall–Kier alpha value is -3.13. The molecular formula is C19H22N4O4. The Morgan fingerprint density at radius 2 is 2.15 bits per heavy atom. The summed E-state index contributed by atoms with van der Waals surface area (Å²) in [5, 5.41) is 7.22. The number of benzene rings is 1. The third-order valence-electron chi connectivity index (χ3n) is 3.52. The fourth-order valence-electron chi connectivity index (χ4n) is 2.38. The molecule has 0 saturated carbocycles. The molecule has 1 aromatic carbocycles. The van der Waals surface area contributed by atoms with Crippen molar-refractivity contribution in [3.63, 3.8) is 0 Å². The van der Waals surface area contributed by atoms with Gasteiger partial charge in [-0.15, -0.1) is 5.10 Å². The highest BCUT2D eigenvalue weighted by molar-refractivity contribution is 5.91. The molecule has 0 saturated heterocycles. The molecule has 3 rings (SSSR count). The lowest BCUT2D eigenvalue weighted by Crippen LogP contribution is -2.17. The first-order valence-electron chi connectivity index (χ1n) is 8.59. The summed E-state index contributed by atoms with van der Waals surface area (Å²) in [6, 6.07) is 11.1. The zero-order chi connectivity index (χ0) is 19.2. The van der Waals surface area contributed by atoms with Crippen LogP contribution in [0.2, 0.25) is 0 Å². The van der Waals surface area contributed by atoms with Crippen molar-refractivity contribution in [3.05, 3.63) is 42.7 Å². The molecule has 2 heterocycles. The minimum absolute atomic E-state index is 0.0155. The summed E-state index contributed by atoms with van der Waals surface area (Å²) < 4.78 is 17.6. The summed E-state index contributed by atoms with van der Waals surface area (Å²) in [6.07, 6.45) is 1.57. The second-order valence-electron chi connectivity index (χ2n) is 6.34. The zero-order valence-corrected chi connectivity index (χ0v) is 15.5. The van der Waals surface area contributed by atoms with Gasteiger partial charge in [-0.2, -0.15) is 4.98 Å². The molecule has 0 spiro atoms. The van der Waals surface area contributed by atoms with Crippen molar-refractivity contribution in [2.24, 2.45) is 5.92 Å². The third-order valence-corrected chi connectivity index (χ3v) is 3.52. The Morgan fingerprint density at radius 3 is 2.85 bits per heavy atom. The molecule has 2 aromatic heterocycles. The topological polar surface area (TPSA) is 91.4 Å². The van der Waals surface area contributed by atoms with Gasteiger partial charge in [0, 0.05) is 12.8 Å². The summed E-state index contributed by atoms with van der Waals surface area (Å²) in [6.45, 7) is 4.60. The number of furan rings is 1. The molecule has 0 fully saturated rings. The summed E-state index contributed by atoms with van der Waals surface area (Å²) >= 11 is 0. The van der Waals surface area contributed by atoms with Crippen LogP contribution in [0.3, 0.4) is 0 Å². The quantitative estimate of drug-likeness (QED) is 0.655. The van der Waals surface area contributed by atoms with Crippen LogP contribution in [0, 0.1) is 5.92 Å². The maximum atomic E-state index is 11.8. The molecule has 8 nitrogen and oxygen atoms in total. The summed E-state index contributed by atoms with van der Waals surface area (Å²) in [5.74, 6) is 1.19. The van der Waals surface area contributed by atoms with Crippen LogP contribution in [0.1, 0.15) is 13.8 Å². The molecule has 142 valence electrons. The number of amides is 1. The molecule has 8 heteroatoms. The monoisotopic (exact) mass is 370 g/mol. The molecule has 0 unspecified atom stereocenters. The van der Waals surface area contributed by atoms with Gasteiger partial charge in [-0.3, -0.25) is 4.79 Å². The highest BCUT2D eigenvalue weighted by atomic mass is 16.5. The molecule has 1 N–H and O–H groups in total. The SMILES string of the molecule is COCC(=O)Nc1cccc(-n2nc(OCC(C)C)nc2-c2ccco2)c1. The van der Waals surface area contributed by atoms with E-state index < -0.39 is 0 Å². The van der Waals surface area contributed by atoms with Gasteiger partial charge in [0.15, 0.2) is 5.76 Å². The number of hydrogen-bond donors (Lipinski definition) is 1. The number of methoxy groups -OCH3 is 1. The van der Waals surface area contributed by atoms with Gasteiger partial charge in [-0.1, -0.05) is 19.9 Å². The van der Waals surface area contributed by atoms with E-state index in [0.29, 0.717) is 35.5 Å². The van der Waals surface area contributed by atoms with Crippen molar-refractivity contribution in [2.75, 3.05) is 25.6 Å². The summed E-state index contributed by atoms with van der Waals surface area (Å²) in [4.78, 5) is 16.2. The molecular weight excluding hydrogens is 348 g/mol. The number of hydrogen-bond acceptors (Lipinski definition) is 6. The lowest BCUT2D eigenvalue weighted by atomic mass is 10.2. The van der Waals surface area contributed by atoms with Crippen LogP contribution in [0.25, 0.3) is 17.3 Å². The molecule has 0 aliphatic rings. The smallest absolute Gasteiger partial charge is 0.336 e. The highest BCUT2D eigenvalue weighted by Crippen LogP contribution is 2.25. The number of aromatic nitrogens is 3. The van der Waals surface area contributed by atoms with Crippen LogP contribution in [0.15, 0.2) is 47.1 Å². The fraction of sp³-hybridized carbons (Fsp3) is 0.316. The van der Waals surface area contributed by atoms with Gasteiger partial charge in [0.1, 0.15) is 6.61 Å². The van der Waals surface area contributed by atoms with E-state index in [1.165, 1.54) is 7.11 Å². The van der Waals surface area contributed by atoms with Crippen LogP contribution in [-0.4, -0.2) is 41.0 Å². The maximum Gasteiger partial charge on any atom is 0.336 e. The normalized spacial score (nSPS) is 11.0. The first kappa shape index (κ1) is 18.7. The summed E-state index contributed by atoms with van der Waals surface area (Å²) in [7, 11) is 1.47. The van der Waals surface area contributed by atoms with Gasteiger partial charge in [0.2, 0.25) is 11.7 Å². The Morgan fingerprint density at radius 1 is 1.30 bits per heavy atom. The standard InChI is InChI=1S/C19H22N4O4/c1-13(2)11-27-19-21-18(16-8-5-9-26-16)23(22-19)15-7-4-6-14(10-15)20-17(24)12-25-3/h4-10,13H,11-12H2,1-3H3,(H,20,24).